The fraction of sp³-hybridized carbons (Fsp3) is 0.304. The SMILES string of the molecule is CSc1ccc(NC(=O)O[C@@H](CCC/C=C/C(=O)NO)c2cccc(OCCO)c2)cc1. The van der Waals surface area contributed by atoms with Gasteiger partial charge in [0.15, 0.2) is 0 Å². The predicted molar refractivity (Wildman–Crippen MR) is 123 cm³/mol. The van der Waals surface area contributed by atoms with Gasteiger partial charge < -0.3 is 14.6 Å². The van der Waals surface area contributed by atoms with Crippen LogP contribution in [0.5, 0.6) is 5.75 Å². The van der Waals surface area contributed by atoms with Gasteiger partial charge in [0.1, 0.15) is 18.5 Å². The zero-order valence-electron chi connectivity index (χ0n) is 17.8. The summed E-state index contributed by atoms with van der Waals surface area (Å²) in [5.74, 6) is -0.0314. The molecule has 0 radical (unpaired) electrons. The number of amides is 2. The summed E-state index contributed by atoms with van der Waals surface area (Å²) in [5, 5.41) is 20.2. The summed E-state index contributed by atoms with van der Waals surface area (Å²) in [4.78, 5) is 24.7. The first-order valence-corrected chi connectivity index (χ1v) is 11.3. The van der Waals surface area contributed by atoms with Gasteiger partial charge in [-0.05, 0) is 67.5 Å². The van der Waals surface area contributed by atoms with Crippen molar-refractivity contribution in [2.24, 2.45) is 0 Å². The number of aliphatic hydroxyl groups excluding tert-OH is 1. The van der Waals surface area contributed by atoms with Crippen LogP contribution in [-0.2, 0) is 9.53 Å². The number of anilines is 1. The zero-order valence-corrected chi connectivity index (χ0v) is 18.6. The van der Waals surface area contributed by atoms with E-state index in [0.717, 1.165) is 10.5 Å². The normalized spacial score (nSPS) is 11.7. The second-order valence-electron chi connectivity index (χ2n) is 6.70. The Bertz CT molecular complexity index is 888. The molecule has 8 nitrogen and oxygen atoms in total. The Balaban J connectivity index is 2.05. The minimum atomic E-state index is -0.599. The number of carbonyl (C=O) groups is 2. The molecule has 0 aromatic heterocycles. The maximum atomic E-state index is 12.5. The van der Waals surface area contributed by atoms with Gasteiger partial charge in [-0.15, -0.1) is 11.8 Å². The molecule has 0 fully saturated rings. The number of hydrogen-bond acceptors (Lipinski definition) is 7. The maximum absolute atomic E-state index is 12.5. The number of ether oxygens (including phenoxy) is 2. The van der Waals surface area contributed by atoms with Gasteiger partial charge in [0.2, 0.25) is 0 Å². The number of unbranched alkanes of at least 4 members (excludes halogenated alkanes) is 1. The van der Waals surface area contributed by atoms with Gasteiger partial charge in [-0.3, -0.25) is 15.3 Å². The van der Waals surface area contributed by atoms with Crippen LogP contribution >= 0.6 is 11.8 Å². The number of hydroxylamine groups is 1. The van der Waals surface area contributed by atoms with E-state index in [1.54, 1.807) is 36.0 Å². The minimum absolute atomic E-state index is 0.102. The number of thioether (sulfide) groups is 1. The number of allylic oxidation sites excluding steroid dienone is 1. The van der Waals surface area contributed by atoms with Crippen LogP contribution in [0.1, 0.15) is 30.9 Å². The highest BCUT2D eigenvalue weighted by Crippen LogP contribution is 2.28. The van der Waals surface area contributed by atoms with Crippen LogP contribution in [0.4, 0.5) is 10.5 Å². The first-order chi connectivity index (χ1) is 15.5. The lowest BCUT2D eigenvalue weighted by Crippen LogP contribution is -2.18. The molecule has 32 heavy (non-hydrogen) atoms. The van der Waals surface area contributed by atoms with E-state index in [0.29, 0.717) is 30.7 Å². The molecule has 0 heterocycles. The molecule has 0 bridgehead atoms. The van der Waals surface area contributed by atoms with Crippen LogP contribution in [-0.4, -0.2) is 41.8 Å². The van der Waals surface area contributed by atoms with E-state index in [-0.39, 0.29) is 13.2 Å². The lowest BCUT2D eigenvalue weighted by atomic mass is 10.0. The zero-order chi connectivity index (χ0) is 23.2. The van der Waals surface area contributed by atoms with Crippen molar-refractivity contribution in [1.29, 1.82) is 0 Å². The summed E-state index contributed by atoms with van der Waals surface area (Å²) in [6.45, 7) is 0.0643. The highest BCUT2D eigenvalue weighted by molar-refractivity contribution is 7.98. The number of benzene rings is 2. The van der Waals surface area contributed by atoms with E-state index in [1.807, 2.05) is 36.6 Å². The summed E-state index contributed by atoms with van der Waals surface area (Å²) >= 11 is 1.61. The molecular formula is C23H28N2O6S. The summed E-state index contributed by atoms with van der Waals surface area (Å²) in [6, 6.07) is 14.6. The summed E-state index contributed by atoms with van der Waals surface area (Å²) in [5.41, 5.74) is 2.92. The van der Waals surface area contributed by atoms with E-state index in [4.69, 9.17) is 19.8 Å². The molecular weight excluding hydrogens is 432 g/mol. The van der Waals surface area contributed by atoms with Crippen molar-refractivity contribution in [2.75, 3.05) is 24.8 Å². The first kappa shape index (κ1) is 25.3. The minimum Gasteiger partial charge on any atom is -0.491 e. The molecule has 4 N–H and O–H groups in total. The third kappa shape index (κ3) is 9.01. The van der Waals surface area contributed by atoms with Crippen LogP contribution in [0.15, 0.2) is 65.6 Å². The molecule has 1 atom stereocenters. The van der Waals surface area contributed by atoms with Crippen LogP contribution in [0.2, 0.25) is 0 Å². The average molecular weight is 461 g/mol. The van der Waals surface area contributed by atoms with Gasteiger partial charge in [-0.1, -0.05) is 18.2 Å². The topological polar surface area (TPSA) is 117 Å². The fourth-order valence-electron chi connectivity index (χ4n) is 2.86. The smallest absolute Gasteiger partial charge is 0.412 e. The highest BCUT2D eigenvalue weighted by atomic mass is 32.2. The lowest BCUT2D eigenvalue weighted by molar-refractivity contribution is -0.124. The number of aliphatic hydroxyl groups is 1. The monoisotopic (exact) mass is 460 g/mol. The van der Waals surface area contributed by atoms with Crippen molar-refractivity contribution >= 4 is 29.4 Å². The highest BCUT2D eigenvalue weighted by Gasteiger charge is 2.17. The summed E-state index contributed by atoms with van der Waals surface area (Å²) in [6.07, 6.45) is 5.43. The Hall–Kier alpha value is -3.01. The van der Waals surface area contributed by atoms with E-state index in [2.05, 4.69) is 5.32 Å². The van der Waals surface area contributed by atoms with Gasteiger partial charge in [0, 0.05) is 16.7 Å². The van der Waals surface area contributed by atoms with E-state index >= 15 is 0 Å². The first-order valence-electron chi connectivity index (χ1n) is 10.1. The second kappa shape index (κ2) is 14.1. The van der Waals surface area contributed by atoms with Gasteiger partial charge >= 0.3 is 6.09 Å². The largest absolute Gasteiger partial charge is 0.491 e. The van der Waals surface area contributed by atoms with E-state index in [1.165, 1.54) is 11.6 Å². The predicted octanol–water partition coefficient (Wildman–Crippen LogP) is 4.30. The molecule has 2 aromatic rings. The molecule has 0 unspecified atom stereocenters. The average Bonchev–Trinajstić information content (AvgIpc) is 2.82. The van der Waals surface area contributed by atoms with Crippen molar-refractivity contribution in [3.05, 3.63) is 66.2 Å². The van der Waals surface area contributed by atoms with Crippen LogP contribution in [0.25, 0.3) is 0 Å². The molecule has 9 heteroatoms. The Kier molecular flexibility index (Phi) is 11.1. The molecule has 0 aliphatic carbocycles. The third-order valence-corrected chi connectivity index (χ3v) is 5.14. The van der Waals surface area contributed by atoms with Crippen LogP contribution in [0, 0.1) is 0 Å². The van der Waals surface area contributed by atoms with Gasteiger partial charge in [0.05, 0.1) is 6.61 Å². The number of carbonyl (C=O) groups excluding carboxylic acids is 2. The molecule has 0 aliphatic heterocycles. The molecule has 0 saturated heterocycles. The van der Waals surface area contributed by atoms with Gasteiger partial charge in [0.25, 0.3) is 5.91 Å². The third-order valence-electron chi connectivity index (χ3n) is 4.39. The Morgan fingerprint density at radius 2 is 1.97 bits per heavy atom. The molecule has 2 amide bonds. The van der Waals surface area contributed by atoms with E-state index < -0.39 is 18.1 Å². The Morgan fingerprint density at radius 1 is 1.19 bits per heavy atom. The number of nitrogens with one attached hydrogen (secondary N) is 2. The summed E-state index contributed by atoms with van der Waals surface area (Å²) in [7, 11) is 0. The summed E-state index contributed by atoms with van der Waals surface area (Å²) < 4.78 is 11.2. The fourth-order valence-corrected chi connectivity index (χ4v) is 3.27. The van der Waals surface area contributed by atoms with Crippen molar-refractivity contribution in [3.63, 3.8) is 0 Å². The maximum Gasteiger partial charge on any atom is 0.412 e. The molecule has 0 spiro atoms. The molecule has 2 rings (SSSR count). The lowest BCUT2D eigenvalue weighted by Gasteiger charge is -2.19. The van der Waals surface area contributed by atoms with Crippen molar-refractivity contribution < 1.29 is 29.4 Å². The van der Waals surface area contributed by atoms with Crippen LogP contribution in [0.3, 0.4) is 0 Å². The van der Waals surface area contributed by atoms with Crippen LogP contribution < -0.4 is 15.5 Å². The van der Waals surface area contributed by atoms with E-state index in [9.17, 15) is 9.59 Å². The molecule has 0 aliphatic rings. The van der Waals surface area contributed by atoms with Crippen molar-refractivity contribution in [1.82, 2.24) is 5.48 Å². The standard InChI is InChI=1S/C23H28N2O6S/c1-32-20-12-10-18(11-13-20)24-23(28)31-21(8-3-2-4-9-22(27)25-29)17-6-5-7-19(16-17)30-15-14-26/h4-7,9-13,16,21,26,29H,2-3,8,14-15H2,1H3,(H,24,28)(H,25,27)/b9-4+/t21-/m0/s1. The second-order valence-corrected chi connectivity index (χ2v) is 7.58. The van der Waals surface area contributed by atoms with Gasteiger partial charge in [-0.25, -0.2) is 10.3 Å². The van der Waals surface area contributed by atoms with Crippen molar-refractivity contribution in [3.8, 4) is 5.75 Å². The quantitative estimate of drug-likeness (QED) is 0.123. The number of hydrogen-bond donors (Lipinski definition) is 4. The molecule has 2 aromatic carbocycles. The Labute approximate surface area is 191 Å². The Morgan fingerprint density at radius 3 is 2.66 bits per heavy atom. The van der Waals surface area contributed by atoms with Gasteiger partial charge in [-0.2, -0.15) is 0 Å². The van der Waals surface area contributed by atoms with Crippen molar-refractivity contribution in [2.45, 2.75) is 30.3 Å². The molecule has 172 valence electrons. The number of rotatable bonds is 12. The molecule has 0 saturated carbocycles.